The van der Waals surface area contributed by atoms with E-state index in [0.29, 0.717) is 5.92 Å². The van der Waals surface area contributed by atoms with E-state index in [1.807, 2.05) is 24.3 Å². The van der Waals surface area contributed by atoms with Gasteiger partial charge in [-0.25, -0.2) is 4.98 Å². The maximum absolute atomic E-state index is 12.9. The van der Waals surface area contributed by atoms with E-state index < -0.39 is 0 Å². The van der Waals surface area contributed by atoms with Gasteiger partial charge < -0.3 is 4.74 Å². The third-order valence-corrected chi connectivity index (χ3v) is 6.23. The minimum atomic E-state index is -0.0747. The average molecular weight is 396 g/mol. The summed E-state index contributed by atoms with van der Waals surface area (Å²) < 4.78 is 7.08. The summed E-state index contributed by atoms with van der Waals surface area (Å²) in [5.41, 5.74) is 2.03. The molecule has 2 aromatic heterocycles. The zero-order valence-electron chi connectivity index (χ0n) is 16.4. The van der Waals surface area contributed by atoms with Crippen LogP contribution in [0.4, 0.5) is 0 Å². The molecule has 6 heteroatoms. The number of nitrogens with zero attached hydrogens (tertiary/aromatic N) is 3. The fourth-order valence-corrected chi connectivity index (χ4v) is 4.63. The van der Waals surface area contributed by atoms with E-state index in [2.05, 4.69) is 23.9 Å². The molecule has 1 aliphatic rings. The third-order valence-electron chi connectivity index (χ3n) is 5.03. The first kappa shape index (κ1) is 18.9. The molecule has 0 atom stereocenters. The van der Waals surface area contributed by atoms with Crippen molar-refractivity contribution >= 4 is 27.8 Å². The van der Waals surface area contributed by atoms with Crippen LogP contribution in [0.1, 0.15) is 49.1 Å². The van der Waals surface area contributed by atoms with Gasteiger partial charge in [0, 0.05) is 4.88 Å². The van der Waals surface area contributed by atoms with Gasteiger partial charge in [-0.15, -0.1) is 11.3 Å². The lowest BCUT2D eigenvalue weighted by molar-refractivity contribution is 0.289. The lowest BCUT2D eigenvalue weighted by Gasteiger charge is -2.09. The van der Waals surface area contributed by atoms with Crippen molar-refractivity contribution in [1.29, 1.82) is 0 Å². The molecule has 0 fully saturated rings. The molecule has 146 valence electrons. The predicted molar refractivity (Wildman–Crippen MR) is 115 cm³/mol. The number of hydrogen-bond acceptors (Lipinski definition) is 5. The zero-order valence-corrected chi connectivity index (χ0v) is 17.2. The molecular weight excluding hydrogens is 370 g/mol. The Morgan fingerprint density at radius 1 is 1.25 bits per heavy atom. The van der Waals surface area contributed by atoms with Gasteiger partial charge in [0.1, 0.15) is 16.9 Å². The Balaban J connectivity index is 1.52. The molecule has 2 heterocycles. The van der Waals surface area contributed by atoms with Gasteiger partial charge in [0.2, 0.25) is 0 Å². The highest BCUT2D eigenvalue weighted by Gasteiger charge is 2.19. The molecule has 1 aromatic carbocycles. The van der Waals surface area contributed by atoms with Crippen molar-refractivity contribution in [1.82, 2.24) is 9.66 Å². The second-order valence-corrected chi connectivity index (χ2v) is 8.71. The number of aromatic nitrogens is 2. The Kier molecular flexibility index (Phi) is 5.57. The smallest absolute Gasteiger partial charge is 0.282 e. The maximum atomic E-state index is 12.9. The second kappa shape index (κ2) is 8.27. The van der Waals surface area contributed by atoms with Crippen LogP contribution in [0.5, 0.6) is 5.75 Å². The number of fused-ring (bicyclic) bond motifs is 3. The fourth-order valence-electron chi connectivity index (χ4n) is 3.41. The largest absolute Gasteiger partial charge is 0.494 e. The van der Waals surface area contributed by atoms with E-state index in [-0.39, 0.29) is 5.56 Å². The monoisotopic (exact) mass is 395 g/mol. The Hall–Kier alpha value is -2.47. The minimum absolute atomic E-state index is 0.0747. The van der Waals surface area contributed by atoms with Crippen LogP contribution in [0.15, 0.2) is 40.5 Å². The summed E-state index contributed by atoms with van der Waals surface area (Å²) in [6.45, 7) is 5.09. The van der Waals surface area contributed by atoms with E-state index in [9.17, 15) is 4.79 Å². The summed E-state index contributed by atoms with van der Waals surface area (Å²) in [5.74, 6) is 1.48. The minimum Gasteiger partial charge on any atom is -0.494 e. The molecule has 0 unspecified atom stereocenters. The van der Waals surface area contributed by atoms with E-state index >= 15 is 0 Å². The molecule has 28 heavy (non-hydrogen) atoms. The van der Waals surface area contributed by atoms with Crippen LogP contribution in [-0.4, -0.2) is 22.5 Å². The number of hydrogen-bond donors (Lipinski definition) is 0. The first-order valence-corrected chi connectivity index (χ1v) is 10.7. The fraction of sp³-hybridized carbons (Fsp3) is 0.409. The van der Waals surface area contributed by atoms with Crippen molar-refractivity contribution in [3.05, 3.63) is 57.0 Å². The summed E-state index contributed by atoms with van der Waals surface area (Å²) >= 11 is 1.66. The van der Waals surface area contributed by atoms with Crippen LogP contribution < -0.4 is 10.3 Å². The molecule has 0 saturated heterocycles. The highest BCUT2D eigenvalue weighted by Crippen LogP contribution is 2.33. The summed E-state index contributed by atoms with van der Waals surface area (Å²) in [6.07, 6.45) is 8.61. The maximum Gasteiger partial charge on any atom is 0.282 e. The number of thiophene rings is 1. The highest BCUT2D eigenvalue weighted by atomic mass is 32.1. The number of aryl methyl sites for hydroxylation is 2. The van der Waals surface area contributed by atoms with Gasteiger partial charge in [0.25, 0.3) is 5.56 Å². The van der Waals surface area contributed by atoms with E-state index in [1.165, 1.54) is 27.9 Å². The molecule has 0 aliphatic heterocycles. The predicted octanol–water partition coefficient (Wildman–Crippen LogP) is 4.64. The summed E-state index contributed by atoms with van der Waals surface area (Å²) in [4.78, 5) is 19.5. The Morgan fingerprint density at radius 2 is 2.04 bits per heavy atom. The van der Waals surface area contributed by atoms with Gasteiger partial charge in [-0.3, -0.25) is 4.79 Å². The highest BCUT2D eigenvalue weighted by molar-refractivity contribution is 7.18. The Morgan fingerprint density at radius 3 is 2.82 bits per heavy atom. The first-order valence-electron chi connectivity index (χ1n) is 9.91. The lowest BCUT2D eigenvalue weighted by Crippen LogP contribution is -2.18. The molecule has 5 nitrogen and oxygen atoms in total. The van der Waals surface area contributed by atoms with E-state index in [4.69, 9.17) is 4.74 Å². The van der Waals surface area contributed by atoms with Gasteiger partial charge in [0.15, 0.2) is 0 Å². The number of benzene rings is 1. The Labute approximate surface area is 168 Å². The molecule has 0 N–H and O–H groups in total. The van der Waals surface area contributed by atoms with Crippen LogP contribution in [0, 0.1) is 5.92 Å². The van der Waals surface area contributed by atoms with Crippen molar-refractivity contribution in [3.63, 3.8) is 0 Å². The van der Waals surface area contributed by atoms with E-state index in [1.54, 1.807) is 17.6 Å². The lowest BCUT2D eigenvalue weighted by atomic mass is 9.97. The molecule has 1 aliphatic carbocycles. The van der Waals surface area contributed by atoms with Crippen molar-refractivity contribution in [2.24, 2.45) is 11.0 Å². The van der Waals surface area contributed by atoms with Crippen LogP contribution in [0.2, 0.25) is 0 Å². The van der Waals surface area contributed by atoms with Crippen molar-refractivity contribution in [3.8, 4) is 5.75 Å². The molecular formula is C22H25N3O2S. The van der Waals surface area contributed by atoms with Gasteiger partial charge >= 0.3 is 0 Å². The van der Waals surface area contributed by atoms with Crippen LogP contribution >= 0.6 is 11.3 Å². The summed E-state index contributed by atoms with van der Waals surface area (Å²) in [5, 5.41) is 5.11. The summed E-state index contributed by atoms with van der Waals surface area (Å²) in [7, 11) is 0. The molecule has 0 saturated carbocycles. The van der Waals surface area contributed by atoms with E-state index in [0.717, 1.165) is 53.8 Å². The van der Waals surface area contributed by atoms with Crippen molar-refractivity contribution in [2.75, 3.05) is 6.61 Å². The average Bonchev–Trinajstić information content (AvgIpc) is 3.07. The Bertz CT molecular complexity index is 1050. The van der Waals surface area contributed by atoms with Gasteiger partial charge in [-0.05, 0) is 73.4 Å². The number of rotatable bonds is 6. The van der Waals surface area contributed by atoms with Gasteiger partial charge in [-0.2, -0.15) is 9.78 Å². The van der Waals surface area contributed by atoms with Crippen LogP contribution in [-0.2, 0) is 12.8 Å². The zero-order chi connectivity index (χ0) is 19.5. The van der Waals surface area contributed by atoms with Gasteiger partial charge in [0.05, 0.1) is 18.2 Å². The quantitative estimate of drug-likeness (QED) is 0.571. The van der Waals surface area contributed by atoms with Crippen LogP contribution in [0.25, 0.3) is 10.2 Å². The van der Waals surface area contributed by atoms with Crippen molar-refractivity contribution < 1.29 is 4.74 Å². The molecule has 0 bridgehead atoms. The molecule has 4 rings (SSSR count). The third kappa shape index (κ3) is 4.02. The topological polar surface area (TPSA) is 56.5 Å². The van der Waals surface area contributed by atoms with Crippen LogP contribution in [0.3, 0.4) is 0 Å². The molecule has 0 spiro atoms. The standard InChI is InChI=1S/C22H25N3O2S/c1-15(2)11-12-27-17-9-7-16(8-10-17)13-24-25-14-23-21-20(22(25)26)18-5-3-4-6-19(18)28-21/h7-10,13-15H,3-6,11-12H2,1-2H3. The second-order valence-electron chi connectivity index (χ2n) is 7.63. The molecule has 3 aromatic rings. The van der Waals surface area contributed by atoms with Gasteiger partial charge in [-0.1, -0.05) is 13.8 Å². The molecule has 0 amide bonds. The summed E-state index contributed by atoms with van der Waals surface area (Å²) in [6, 6.07) is 7.75. The number of ether oxygens (including phenoxy) is 1. The van der Waals surface area contributed by atoms with Crippen molar-refractivity contribution in [2.45, 2.75) is 46.0 Å². The SMILES string of the molecule is CC(C)CCOc1ccc(C=Nn2cnc3sc4c(c3c2=O)CCCC4)cc1. The first-order chi connectivity index (χ1) is 13.6. The normalized spacial score (nSPS) is 14.1. The molecule has 0 radical (unpaired) electrons.